The molecular weight excluding hydrogens is 250 g/mol. The molecule has 1 aromatic rings. The molecule has 0 bridgehead atoms. The van der Waals surface area contributed by atoms with Crippen LogP contribution in [0.4, 0.5) is 0 Å². The van der Waals surface area contributed by atoms with Gasteiger partial charge in [0.2, 0.25) is 5.91 Å². The lowest BCUT2D eigenvalue weighted by Gasteiger charge is -2.20. The van der Waals surface area contributed by atoms with Crippen molar-refractivity contribution in [2.45, 2.75) is 58.7 Å². The molecule has 1 amide bonds. The molecule has 0 unspecified atom stereocenters. The number of nitrogens with zero attached hydrogens (tertiary/aromatic N) is 2. The van der Waals surface area contributed by atoms with Crippen LogP contribution in [0, 0.1) is 0 Å². The molecule has 4 heteroatoms. The van der Waals surface area contributed by atoms with Gasteiger partial charge in [-0.1, -0.05) is 26.7 Å². The molecule has 0 saturated carbocycles. The molecule has 0 radical (unpaired) electrons. The first-order valence-electron chi connectivity index (χ1n) is 7.81. The second-order valence-electron chi connectivity index (χ2n) is 6.02. The smallest absolute Gasteiger partial charge is 0.242 e. The lowest BCUT2D eigenvalue weighted by Crippen LogP contribution is -2.34. The molecule has 4 nitrogen and oxygen atoms in total. The van der Waals surface area contributed by atoms with Crippen LogP contribution in [0.1, 0.15) is 45.1 Å². The van der Waals surface area contributed by atoms with E-state index in [9.17, 15) is 4.79 Å². The minimum absolute atomic E-state index is 0.255. The maximum absolute atomic E-state index is 12.3. The third kappa shape index (κ3) is 4.67. The Morgan fingerprint density at radius 2 is 1.95 bits per heavy atom. The van der Waals surface area contributed by atoms with Crippen molar-refractivity contribution in [3.05, 3.63) is 24.0 Å². The van der Waals surface area contributed by atoms with Gasteiger partial charge in [0.1, 0.15) is 6.54 Å². The average Bonchev–Trinajstić information content (AvgIpc) is 2.68. The number of nitrogens with one attached hydrogen (secondary N) is 1. The van der Waals surface area contributed by atoms with Gasteiger partial charge >= 0.3 is 0 Å². The first kappa shape index (κ1) is 15.1. The van der Waals surface area contributed by atoms with Crippen molar-refractivity contribution < 1.29 is 4.79 Å². The van der Waals surface area contributed by atoms with Crippen molar-refractivity contribution in [2.24, 2.45) is 0 Å². The molecule has 1 aliphatic rings. The summed E-state index contributed by atoms with van der Waals surface area (Å²) in [6.45, 7) is 7.48. The highest BCUT2D eigenvalue weighted by Crippen LogP contribution is 2.11. The summed E-state index contributed by atoms with van der Waals surface area (Å²) in [5.41, 5.74) is 1.24. The van der Waals surface area contributed by atoms with Gasteiger partial charge in [-0.2, -0.15) is 0 Å². The zero-order valence-electron chi connectivity index (χ0n) is 12.8. The van der Waals surface area contributed by atoms with Crippen LogP contribution in [0.25, 0.3) is 0 Å². The predicted octanol–water partition coefficient (Wildman–Crippen LogP) is 2.39. The van der Waals surface area contributed by atoms with Crippen LogP contribution >= 0.6 is 0 Å². The summed E-state index contributed by atoms with van der Waals surface area (Å²) < 4.78 is 2.00. The van der Waals surface area contributed by atoms with Crippen molar-refractivity contribution in [2.75, 3.05) is 13.1 Å². The normalized spacial score (nSPS) is 16.4. The molecule has 2 heterocycles. The first-order valence-corrected chi connectivity index (χ1v) is 7.81. The van der Waals surface area contributed by atoms with Gasteiger partial charge in [-0.15, -0.1) is 0 Å². The molecule has 1 aliphatic heterocycles. The number of amides is 1. The summed E-state index contributed by atoms with van der Waals surface area (Å²) >= 11 is 0. The van der Waals surface area contributed by atoms with Crippen LogP contribution in [0.5, 0.6) is 0 Å². The third-order valence-corrected chi connectivity index (χ3v) is 3.80. The zero-order chi connectivity index (χ0) is 14.4. The molecule has 2 rings (SSSR count). The number of hydrogen-bond acceptors (Lipinski definition) is 2. The maximum atomic E-state index is 12.3. The van der Waals surface area contributed by atoms with E-state index in [1.54, 1.807) is 0 Å². The Bertz CT molecular complexity index is 417. The van der Waals surface area contributed by atoms with Gasteiger partial charge in [0.05, 0.1) is 0 Å². The Morgan fingerprint density at radius 1 is 1.25 bits per heavy atom. The summed E-state index contributed by atoms with van der Waals surface area (Å²) in [7, 11) is 0. The molecule has 0 atom stereocenters. The van der Waals surface area contributed by atoms with Crippen molar-refractivity contribution >= 4 is 5.91 Å². The number of carbonyl (C=O) groups excluding carboxylic acids is 1. The molecule has 1 N–H and O–H groups in total. The minimum atomic E-state index is 0.255. The summed E-state index contributed by atoms with van der Waals surface area (Å²) in [5, 5.41) is 3.39. The lowest BCUT2D eigenvalue weighted by molar-refractivity contribution is -0.131. The van der Waals surface area contributed by atoms with Crippen LogP contribution < -0.4 is 5.32 Å². The van der Waals surface area contributed by atoms with E-state index >= 15 is 0 Å². The van der Waals surface area contributed by atoms with Gasteiger partial charge in [-0.25, -0.2) is 0 Å². The number of rotatable bonds is 5. The van der Waals surface area contributed by atoms with E-state index < -0.39 is 0 Å². The number of likely N-dealkylation sites (tertiary alicyclic amines) is 1. The van der Waals surface area contributed by atoms with Crippen LogP contribution in [-0.4, -0.2) is 34.5 Å². The van der Waals surface area contributed by atoms with Crippen molar-refractivity contribution in [3.8, 4) is 0 Å². The number of aromatic nitrogens is 1. The summed E-state index contributed by atoms with van der Waals surface area (Å²) in [5.74, 6) is 0.255. The molecule has 0 aromatic carbocycles. The standard InChI is InChI=1S/C16H27N3O/c1-14(2)17-11-15-7-10-18(12-15)13-16(20)19-8-5-3-4-6-9-19/h7,10,12,14,17H,3-6,8-9,11,13H2,1-2H3. The van der Waals surface area contributed by atoms with E-state index in [1.165, 1.54) is 18.4 Å². The summed E-state index contributed by atoms with van der Waals surface area (Å²) in [6, 6.07) is 2.57. The van der Waals surface area contributed by atoms with Gasteiger partial charge in [-0.3, -0.25) is 4.79 Å². The van der Waals surface area contributed by atoms with Crippen LogP contribution in [0.3, 0.4) is 0 Å². The van der Waals surface area contributed by atoms with Crippen LogP contribution in [-0.2, 0) is 17.9 Å². The highest BCUT2D eigenvalue weighted by molar-refractivity contribution is 5.76. The summed E-state index contributed by atoms with van der Waals surface area (Å²) in [6.07, 6.45) is 8.91. The van der Waals surface area contributed by atoms with Crippen LogP contribution in [0.15, 0.2) is 18.5 Å². The average molecular weight is 277 g/mol. The lowest BCUT2D eigenvalue weighted by atomic mass is 10.2. The van der Waals surface area contributed by atoms with Gasteiger partial charge in [0.25, 0.3) is 0 Å². The van der Waals surface area contributed by atoms with Gasteiger partial charge in [0.15, 0.2) is 0 Å². The predicted molar refractivity (Wildman–Crippen MR) is 81.5 cm³/mol. The second-order valence-corrected chi connectivity index (χ2v) is 6.02. The molecule has 0 aliphatic carbocycles. The molecule has 1 saturated heterocycles. The Kier molecular flexibility index (Phi) is 5.65. The molecule has 0 spiro atoms. The fraction of sp³-hybridized carbons (Fsp3) is 0.688. The molecule has 1 aromatic heterocycles. The molecule has 112 valence electrons. The van der Waals surface area contributed by atoms with Crippen molar-refractivity contribution in [3.63, 3.8) is 0 Å². The Balaban J connectivity index is 1.84. The van der Waals surface area contributed by atoms with Gasteiger partial charge < -0.3 is 14.8 Å². The Hall–Kier alpha value is -1.29. The number of hydrogen-bond donors (Lipinski definition) is 1. The quantitative estimate of drug-likeness (QED) is 0.897. The fourth-order valence-electron chi connectivity index (χ4n) is 2.59. The van der Waals surface area contributed by atoms with Crippen molar-refractivity contribution in [1.29, 1.82) is 0 Å². The van der Waals surface area contributed by atoms with E-state index in [1.807, 2.05) is 15.7 Å². The van der Waals surface area contributed by atoms with Gasteiger partial charge in [0, 0.05) is 38.1 Å². The highest BCUT2D eigenvalue weighted by atomic mass is 16.2. The van der Waals surface area contributed by atoms with E-state index in [2.05, 4.69) is 31.4 Å². The first-order chi connectivity index (χ1) is 9.65. The maximum Gasteiger partial charge on any atom is 0.242 e. The Morgan fingerprint density at radius 3 is 2.60 bits per heavy atom. The molecular formula is C16H27N3O. The van der Waals surface area contributed by atoms with E-state index in [4.69, 9.17) is 0 Å². The van der Waals surface area contributed by atoms with E-state index in [0.29, 0.717) is 12.6 Å². The molecule has 1 fully saturated rings. The van der Waals surface area contributed by atoms with Crippen LogP contribution in [0.2, 0.25) is 0 Å². The topological polar surface area (TPSA) is 37.3 Å². The monoisotopic (exact) mass is 277 g/mol. The fourth-order valence-corrected chi connectivity index (χ4v) is 2.59. The SMILES string of the molecule is CC(C)NCc1ccn(CC(=O)N2CCCCCC2)c1. The summed E-state index contributed by atoms with van der Waals surface area (Å²) in [4.78, 5) is 14.3. The third-order valence-electron chi connectivity index (χ3n) is 3.80. The second kappa shape index (κ2) is 7.48. The molecule has 20 heavy (non-hydrogen) atoms. The van der Waals surface area contributed by atoms with Gasteiger partial charge in [-0.05, 0) is 24.5 Å². The van der Waals surface area contributed by atoms with Crippen molar-refractivity contribution in [1.82, 2.24) is 14.8 Å². The minimum Gasteiger partial charge on any atom is -0.345 e. The highest BCUT2D eigenvalue weighted by Gasteiger charge is 2.15. The Labute approximate surface area is 122 Å². The van der Waals surface area contributed by atoms with E-state index in [0.717, 1.165) is 32.5 Å². The largest absolute Gasteiger partial charge is 0.345 e. The zero-order valence-corrected chi connectivity index (χ0v) is 12.8. The number of carbonyl (C=O) groups is 1. The van der Waals surface area contributed by atoms with E-state index in [-0.39, 0.29) is 5.91 Å².